The Hall–Kier alpha value is -3.47. The zero-order valence-electron chi connectivity index (χ0n) is 13.6. The van der Waals surface area contributed by atoms with Gasteiger partial charge in [0.25, 0.3) is 5.88 Å². The fourth-order valence-corrected chi connectivity index (χ4v) is 2.71. The van der Waals surface area contributed by atoms with Crippen molar-refractivity contribution in [3.63, 3.8) is 0 Å². The van der Waals surface area contributed by atoms with Crippen molar-refractivity contribution in [1.29, 1.82) is 0 Å². The number of hydrogen-bond acceptors (Lipinski definition) is 4. The van der Waals surface area contributed by atoms with Gasteiger partial charge in [-0.1, -0.05) is 36.4 Å². The lowest BCUT2D eigenvalue weighted by Gasteiger charge is -2.08. The Bertz CT molecular complexity index is 1100. The Morgan fingerprint density at radius 2 is 1.80 bits per heavy atom. The number of ether oxygens (including phenoxy) is 1. The first-order chi connectivity index (χ1) is 12.2. The van der Waals surface area contributed by atoms with Gasteiger partial charge in [0.1, 0.15) is 5.75 Å². The molecular formula is C20H15N3O2. The van der Waals surface area contributed by atoms with Gasteiger partial charge < -0.3 is 9.30 Å². The summed E-state index contributed by atoms with van der Waals surface area (Å²) in [4.78, 5) is 20.3. The SMILES string of the molecule is Cn1ccnc(Oc2ccc(-c3cncc4ccccc34)cc2)c1=O. The van der Waals surface area contributed by atoms with Gasteiger partial charge in [-0.2, -0.15) is 0 Å². The Balaban J connectivity index is 1.68. The second-order valence-electron chi connectivity index (χ2n) is 5.68. The van der Waals surface area contributed by atoms with Gasteiger partial charge in [0, 0.05) is 42.8 Å². The second-order valence-corrected chi connectivity index (χ2v) is 5.68. The molecular weight excluding hydrogens is 314 g/mol. The molecule has 0 amide bonds. The van der Waals surface area contributed by atoms with Gasteiger partial charge in [0.15, 0.2) is 0 Å². The molecule has 0 unspecified atom stereocenters. The van der Waals surface area contributed by atoms with E-state index in [0.29, 0.717) is 5.75 Å². The average Bonchev–Trinajstić information content (AvgIpc) is 2.66. The summed E-state index contributed by atoms with van der Waals surface area (Å²) in [7, 11) is 1.66. The van der Waals surface area contributed by atoms with Gasteiger partial charge in [-0.15, -0.1) is 0 Å². The summed E-state index contributed by atoms with van der Waals surface area (Å²) in [6.45, 7) is 0. The van der Waals surface area contributed by atoms with Gasteiger partial charge in [0.2, 0.25) is 0 Å². The van der Waals surface area contributed by atoms with E-state index >= 15 is 0 Å². The van der Waals surface area contributed by atoms with Crippen LogP contribution >= 0.6 is 0 Å². The van der Waals surface area contributed by atoms with Crippen LogP contribution in [0.3, 0.4) is 0 Å². The number of aromatic nitrogens is 3. The molecule has 0 spiro atoms. The lowest BCUT2D eigenvalue weighted by Crippen LogP contribution is -2.18. The lowest BCUT2D eigenvalue weighted by atomic mass is 10.0. The third kappa shape index (κ3) is 2.87. The van der Waals surface area contributed by atoms with Crippen molar-refractivity contribution in [2.75, 3.05) is 0 Å². The summed E-state index contributed by atoms with van der Waals surface area (Å²) in [5.41, 5.74) is 1.81. The summed E-state index contributed by atoms with van der Waals surface area (Å²) < 4.78 is 7.04. The minimum absolute atomic E-state index is 0.0598. The van der Waals surface area contributed by atoms with E-state index in [4.69, 9.17) is 4.74 Å². The highest BCUT2D eigenvalue weighted by molar-refractivity contribution is 5.95. The Morgan fingerprint density at radius 3 is 2.64 bits per heavy atom. The zero-order chi connectivity index (χ0) is 17.2. The third-order valence-corrected chi connectivity index (χ3v) is 4.03. The summed E-state index contributed by atoms with van der Waals surface area (Å²) in [5, 5.41) is 2.24. The van der Waals surface area contributed by atoms with Crippen LogP contribution < -0.4 is 10.3 Å². The van der Waals surface area contributed by atoms with E-state index < -0.39 is 0 Å². The number of fused-ring (bicyclic) bond motifs is 1. The molecule has 4 rings (SSSR count). The van der Waals surface area contributed by atoms with Crippen molar-refractivity contribution in [3.8, 4) is 22.8 Å². The molecule has 0 aliphatic rings. The van der Waals surface area contributed by atoms with Crippen molar-refractivity contribution in [3.05, 3.63) is 83.7 Å². The summed E-state index contributed by atoms with van der Waals surface area (Å²) in [6, 6.07) is 15.7. The fraction of sp³-hybridized carbons (Fsp3) is 0.0500. The molecule has 0 fully saturated rings. The molecule has 0 radical (unpaired) electrons. The Kier molecular flexibility index (Phi) is 3.74. The molecule has 0 aliphatic heterocycles. The number of benzene rings is 2. The van der Waals surface area contributed by atoms with Crippen LogP contribution in [0.4, 0.5) is 0 Å². The average molecular weight is 329 g/mol. The molecule has 0 N–H and O–H groups in total. The normalized spacial score (nSPS) is 10.8. The first-order valence-corrected chi connectivity index (χ1v) is 7.85. The summed E-state index contributed by atoms with van der Waals surface area (Å²) in [6.07, 6.45) is 6.83. The Labute approximate surface area is 144 Å². The maximum absolute atomic E-state index is 12.0. The number of rotatable bonds is 3. The van der Waals surface area contributed by atoms with E-state index in [0.717, 1.165) is 21.9 Å². The highest BCUT2D eigenvalue weighted by Crippen LogP contribution is 2.29. The van der Waals surface area contributed by atoms with E-state index in [2.05, 4.69) is 16.0 Å². The third-order valence-electron chi connectivity index (χ3n) is 4.03. The highest BCUT2D eigenvalue weighted by Gasteiger charge is 2.07. The molecule has 25 heavy (non-hydrogen) atoms. The first-order valence-electron chi connectivity index (χ1n) is 7.85. The molecule has 4 aromatic rings. The van der Waals surface area contributed by atoms with Crippen molar-refractivity contribution in [2.45, 2.75) is 0 Å². The molecule has 2 aromatic carbocycles. The summed E-state index contributed by atoms with van der Waals surface area (Å²) >= 11 is 0. The van der Waals surface area contributed by atoms with Gasteiger partial charge in [-0.3, -0.25) is 9.78 Å². The molecule has 0 saturated carbocycles. The van der Waals surface area contributed by atoms with Crippen LogP contribution in [0.2, 0.25) is 0 Å². The minimum Gasteiger partial charge on any atom is -0.435 e. The first kappa shape index (κ1) is 15.1. The van der Waals surface area contributed by atoms with Crippen molar-refractivity contribution < 1.29 is 4.74 Å². The van der Waals surface area contributed by atoms with Crippen LogP contribution in [-0.2, 0) is 7.05 Å². The maximum atomic E-state index is 12.0. The van der Waals surface area contributed by atoms with Gasteiger partial charge in [-0.05, 0) is 23.1 Å². The van der Waals surface area contributed by atoms with Crippen molar-refractivity contribution >= 4 is 10.8 Å². The van der Waals surface area contributed by atoms with Crippen LogP contribution in [0.5, 0.6) is 11.6 Å². The lowest BCUT2D eigenvalue weighted by molar-refractivity contribution is 0.448. The van der Waals surface area contributed by atoms with Gasteiger partial charge in [-0.25, -0.2) is 4.98 Å². The largest absolute Gasteiger partial charge is 0.435 e. The van der Waals surface area contributed by atoms with Crippen LogP contribution in [0.25, 0.3) is 21.9 Å². The molecule has 0 aliphatic carbocycles. The van der Waals surface area contributed by atoms with Crippen LogP contribution in [-0.4, -0.2) is 14.5 Å². The van der Waals surface area contributed by atoms with Crippen molar-refractivity contribution in [2.24, 2.45) is 7.05 Å². The number of pyridine rings is 1. The van der Waals surface area contributed by atoms with E-state index in [1.165, 1.54) is 10.8 Å². The quantitative estimate of drug-likeness (QED) is 0.574. The maximum Gasteiger partial charge on any atom is 0.313 e. The molecule has 0 saturated heterocycles. The van der Waals surface area contributed by atoms with Crippen LogP contribution in [0.1, 0.15) is 0 Å². The molecule has 5 heteroatoms. The fourth-order valence-electron chi connectivity index (χ4n) is 2.71. The summed E-state index contributed by atoms with van der Waals surface area (Å²) in [5.74, 6) is 0.623. The topological polar surface area (TPSA) is 57.0 Å². The predicted octanol–water partition coefficient (Wildman–Crippen LogP) is 3.79. The van der Waals surface area contributed by atoms with Crippen LogP contribution in [0.15, 0.2) is 78.1 Å². The highest BCUT2D eigenvalue weighted by atomic mass is 16.5. The molecule has 5 nitrogen and oxygen atoms in total. The zero-order valence-corrected chi connectivity index (χ0v) is 13.6. The van der Waals surface area contributed by atoms with Crippen LogP contribution in [0, 0.1) is 0 Å². The predicted molar refractivity (Wildman–Crippen MR) is 96.7 cm³/mol. The van der Waals surface area contributed by atoms with E-state index in [-0.39, 0.29) is 11.4 Å². The molecule has 0 bridgehead atoms. The number of aryl methyl sites for hydroxylation is 1. The van der Waals surface area contributed by atoms with E-state index in [1.54, 1.807) is 13.2 Å². The molecule has 122 valence electrons. The van der Waals surface area contributed by atoms with E-state index in [1.807, 2.05) is 54.9 Å². The second kappa shape index (κ2) is 6.20. The van der Waals surface area contributed by atoms with E-state index in [9.17, 15) is 4.79 Å². The number of hydrogen-bond donors (Lipinski definition) is 0. The van der Waals surface area contributed by atoms with Gasteiger partial charge in [0.05, 0.1) is 0 Å². The van der Waals surface area contributed by atoms with Gasteiger partial charge >= 0.3 is 5.56 Å². The monoisotopic (exact) mass is 329 g/mol. The molecule has 0 atom stereocenters. The Morgan fingerprint density at radius 1 is 1.00 bits per heavy atom. The van der Waals surface area contributed by atoms with Crippen molar-refractivity contribution in [1.82, 2.24) is 14.5 Å². The standard InChI is InChI=1S/C20H15N3O2/c1-23-11-10-22-19(20(23)24)25-16-8-6-14(7-9-16)18-13-21-12-15-4-2-3-5-17(15)18/h2-13H,1H3. The molecule has 2 aromatic heterocycles. The minimum atomic E-state index is -0.273. The molecule has 2 heterocycles. The number of nitrogens with zero attached hydrogens (tertiary/aromatic N) is 3. The smallest absolute Gasteiger partial charge is 0.313 e.